The van der Waals surface area contributed by atoms with Gasteiger partial charge >= 0.3 is 0 Å². The summed E-state index contributed by atoms with van der Waals surface area (Å²) in [4.78, 5) is 10.7. The molecule has 1 unspecified atom stereocenters. The van der Waals surface area contributed by atoms with Crippen molar-refractivity contribution in [2.75, 3.05) is 0 Å². The Bertz CT molecular complexity index is 408. The molecule has 0 spiro atoms. The second-order valence-electron chi connectivity index (χ2n) is 4.56. The highest BCUT2D eigenvalue weighted by Crippen LogP contribution is 2.23. The Morgan fingerprint density at radius 3 is 2.35 bits per heavy atom. The van der Waals surface area contributed by atoms with E-state index in [-0.39, 0.29) is 5.92 Å². The van der Waals surface area contributed by atoms with E-state index in [4.69, 9.17) is 0 Å². The Balaban J connectivity index is 2.94. The Morgan fingerprint density at radius 1 is 1.18 bits per heavy atom. The summed E-state index contributed by atoms with van der Waals surface area (Å²) in [6, 6.07) is 10.3. The van der Waals surface area contributed by atoms with Gasteiger partial charge in [0.25, 0.3) is 0 Å². The molecular weight excluding hydrogens is 208 g/mol. The zero-order valence-electron chi connectivity index (χ0n) is 10.8. The summed E-state index contributed by atoms with van der Waals surface area (Å²) >= 11 is 0. The molecule has 1 nitrogen and oxygen atoms in total. The van der Waals surface area contributed by atoms with Crippen LogP contribution in [-0.4, -0.2) is 6.29 Å². The summed E-state index contributed by atoms with van der Waals surface area (Å²) in [7, 11) is 0. The van der Waals surface area contributed by atoms with E-state index in [1.165, 1.54) is 11.1 Å². The first-order valence-electron chi connectivity index (χ1n) is 5.95. The molecule has 1 aromatic rings. The minimum absolute atomic E-state index is 0.288. The highest BCUT2D eigenvalue weighted by molar-refractivity contribution is 5.72. The number of carbonyl (C=O) groups is 1. The molecule has 0 fully saturated rings. The Hall–Kier alpha value is -1.63. The monoisotopic (exact) mass is 228 g/mol. The zero-order chi connectivity index (χ0) is 12.7. The lowest BCUT2D eigenvalue weighted by atomic mass is 9.93. The first-order chi connectivity index (χ1) is 8.13. The van der Waals surface area contributed by atoms with E-state index in [9.17, 15) is 4.79 Å². The fourth-order valence-corrected chi connectivity index (χ4v) is 1.72. The van der Waals surface area contributed by atoms with Gasteiger partial charge in [-0.25, -0.2) is 0 Å². The third-order valence-electron chi connectivity index (χ3n) is 2.66. The van der Waals surface area contributed by atoms with Crippen LogP contribution in [0.2, 0.25) is 0 Å². The van der Waals surface area contributed by atoms with Gasteiger partial charge in [-0.05, 0) is 38.3 Å². The summed E-state index contributed by atoms with van der Waals surface area (Å²) in [6.07, 6.45) is 6.12. The topological polar surface area (TPSA) is 17.1 Å². The Kier molecular flexibility index (Phi) is 5.41. The second kappa shape index (κ2) is 6.85. The summed E-state index contributed by atoms with van der Waals surface area (Å²) < 4.78 is 0. The molecule has 0 N–H and O–H groups in total. The van der Waals surface area contributed by atoms with Gasteiger partial charge in [-0.3, -0.25) is 4.79 Å². The Labute approximate surface area is 104 Å². The number of rotatable bonds is 5. The van der Waals surface area contributed by atoms with Gasteiger partial charge in [0.05, 0.1) is 0 Å². The molecule has 0 radical (unpaired) electrons. The number of carbonyl (C=O) groups excluding carboxylic acids is 1. The first-order valence-corrected chi connectivity index (χ1v) is 5.95. The molecule has 0 aliphatic heterocycles. The first kappa shape index (κ1) is 13.4. The van der Waals surface area contributed by atoms with Crippen LogP contribution in [0.3, 0.4) is 0 Å². The van der Waals surface area contributed by atoms with Crippen molar-refractivity contribution in [1.29, 1.82) is 0 Å². The van der Waals surface area contributed by atoms with Gasteiger partial charge in [-0.1, -0.05) is 48.1 Å². The van der Waals surface area contributed by atoms with Crippen LogP contribution in [0.25, 0.3) is 0 Å². The molecule has 1 aromatic carbocycles. The molecule has 0 aliphatic carbocycles. The predicted octanol–water partition coefficient (Wildman–Crippen LogP) is 4.27. The standard InChI is InChI=1S/C16H20O/c1-13(2)9-10-16(11-14(3)12-17)15-7-5-4-6-8-15/h4-9,11-12,16H,10H2,1-3H3/b14-11+. The van der Waals surface area contributed by atoms with Gasteiger partial charge in [-0.15, -0.1) is 0 Å². The van der Waals surface area contributed by atoms with E-state index in [0.717, 1.165) is 18.3 Å². The molecule has 0 saturated heterocycles. The lowest BCUT2D eigenvalue weighted by molar-refractivity contribution is -0.104. The van der Waals surface area contributed by atoms with Crippen molar-refractivity contribution < 1.29 is 4.79 Å². The maximum atomic E-state index is 10.7. The van der Waals surface area contributed by atoms with Crippen molar-refractivity contribution in [3.05, 3.63) is 59.2 Å². The molecule has 1 rings (SSSR count). The minimum atomic E-state index is 0.288. The van der Waals surface area contributed by atoms with Crippen molar-refractivity contribution in [2.45, 2.75) is 33.1 Å². The highest BCUT2D eigenvalue weighted by Gasteiger charge is 2.07. The number of benzene rings is 1. The van der Waals surface area contributed by atoms with Crippen molar-refractivity contribution in [3.8, 4) is 0 Å². The van der Waals surface area contributed by atoms with Crippen LogP contribution in [0.15, 0.2) is 53.6 Å². The van der Waals surface area contributed by atoms with Crippen molar-refractivity contribution >= 4 is 6.29 Å². The van der Waals surface area contributed by atoms with Gasteiger partial charge in [0.15, 0.2) is 0 Å². The third kappa shape index (κ3) is 4.81. The SMILES string of the molecule is CC(C)=CCC(/C=C(\C)C=O)c1ccccc1. The van der Waals surface area contributed by atoms with Crippen molar-refractivity contribution in [2.24, 2.45) is 0 Å². The van der Waals surface area contributed by atoms with Crippen LogP contribution in [0.5, 0.6) is 0 Å². The largest absolute Gasteiger partial charge is 0.298 e. The van der Waals surface area contributed by atoms with Gasteiger partial charge in [0.1, 0.15) is 6.29 Å². The molecule has 0 saturated carbocycles. The van der Waals surface area contributed by atoms with Crippen LogP contribution < -0.4 is 0 Å². The second-order valence-corrected chi connectivity index (χ2v) is 4.56. The molecule has 0 heterocycles. The molecule has 0 aromatic heterocycles. The van der Waals surface area contributed by atoms with E-state index >= 15 is 0 Å². The molecule has 1 atom stereocenters. The highest BCUT2D eigenvalue weighted by atomic mass is 16.1. The van der Waals surface area contributed by atoms with Gasteiger partial charge < -0.3 is 0 Å². The fourth-order valence-electron chi connectivity index (χ4n) is 1.72. The summed E-state index contributed by atoms with van der Waals surface area (Å²) in [6.45, 7) is 6.04. The quantitative estimate of drug-likeness (QED) is 0.418. The van der Waals surface area contributed by atoms with Crippen LogP contribution in [0, 0.1) is 0 Å². The number of aldehydes is 1. The van der Waals surface area contributed by atoms with E-state index in [1.807, 2.05) is 31.2 Å². The summed E-state index contributed by atoms with van der Waals surface area (Å²) in [5.41, 5.74) is 3.36. The molecule has 17 heavy (non-hydrogen) atoms. The van der Waals surface area contributed by atoms with Crippen LogP contribution >= 0.6 is 0 Å². The number of hydrogen-bond donors (Lipinski definition) is 0. The maximum Gasteiger partial charge on any atom is 0.145 e. The average molecular weight is 228 g/mol. The average Bonchev–Trinajstić information content (AvgIpc) is 2.35. The van der Waals surface area contributed by atoms with Crippen LogP contribution in [-0.2, 0) is 4.79 Å². The maximum absolute atomic E-state index is 10.7. The van der Waals surface area contributed by atoms with Gasteiger partial charge in [0, 0.05) is 5.92 Å². The third-order valence-corrected chi connectivity index (χ3v) is 2.66. The van der Waals surface area contributed by atoms with Gasteiger partial charge in [-0.2, -0.15) is 0 Å². The number of allylic oxidation sites excluding steroid dienone is 4. The van der Waals surface area contributed by atoms with Crippen molar-refractivity contribution in [1.82, 2.24) is 0 Å². The van der Waals surface area contributed by atoms with E-state index in [2.05, 4.69) is 32.1 Å². The normalized spacial score (nSPS) is 13.0. The molecule has 0 amide bonds. The number of hydrogen-bond acceptors (Lipinski definition) is 1. The fraction of sp³-hybridized carbons (Fsp3) is 0.312. The predicted molar refractivity (Wildman–Crippen MR) is 73.1 cm³/mol. The molecule has 1 heteroatoms. The zero-order valence-corrected chi connectivity index (χ0v) is 10.8. The van der Waals surface area contributed by atoms with E-state index in [1.54, 1.807) is 0 Å². The van der Waals surface area contributed by atoms with E-state index < -0.39 is 0 Å². The summed E-state index contributed by atoms with van der Waals surface area (Å²) in [5, 5.41) is 0. The van der Waals surface area contributed by atoms with Gasteiger partial charge in [0.2, 0.25) is 0 Å². The molecular formula is C16H20O. The lowest BCUT2D eigenvalue weighted by Gasteiger charge is -2.12. The molecule has 90 valence electrons. The van der Waals surface area contributed by atoms with Crippen molar-refractivity contribution in [3.63, 3.8) is 0 Å². The van der Waals surface area contributed by atoms with E-state index in [0.29, 0.717) is 0 Å². The molecule has 0 aliphatic rings. The molecule has 0 bridgehead atoms. The smallest absolute Gasteiger partial charge is 0.145 e. The van der Waals surface area contributed by atoms with Crippen LogP contribution in [0.4, 0.5) is 0 Å². The lowest BCUT2D eigenvalue weighted by Crippen LogP contribution is -1.96. The minimum Gasteiger partial charge on any atom is -0.298 e. The van der Waals surface area contributed by atoms with Crippen LogP contribution in [0.1, 0.15) is 38.7 Å². The Morgan fingerprint density at radius 2 is 1.82 bits per heavy atom. The summed E-state index contributed by atoms with van der Waals surface area (Å²) in [5.74, 6) is 0.288.